The van der Waals surface area contributed by atoms with E-state index in [0.29, 0.717) is 13.2 Å². The number of esters is 1. The van der Waals surface area contributed by atoms with Crippen LogP contribution in [0.2, 0.25) is 0 Å². The first kappa shape index (κ1) is 21.5. The Hall–Kier alpha value is -2.59. The summed E-state index contributed by atoms with van der Waals surface area (Å²) in [5, 5.41) is 12.0. The van der Waals surface area contributed by atoms with Gasteiger partial charge in [0.15, 0.2) is 6.61 Å². The Balaban J connectivity index is 2.87. The van der Waals surface area contributed by atoms with Crippen molar-refractivity contribution in [3.8, 4) is 6.07 Å². The standard InChI is InChI=1S/C19H27N3O4/c1-13-9-15(14(2)22(13)7-8-25-6)10-16(11-20)18(24)26-12-17(23)21-19(3,4)5/h9-10H,7-8,12H2,1-6H3,(H,21,23)/b16-10+. The first-order valence-corrected chi connectivity index (χ1v) is 8.34. The van der Waals surface area contributed by atoms with Crippen LogP contribution in [0.4, 0.5) is 0 Å². The minimum Gasteiger partial charge on any atom is -0.451 e. The molecule has 0 aliphatic rings. The van der Waals surface area contributed by atoms with Gasteiger partial charge in [-0.25, -0.2) is 4.79 Å². The average Bonchev–Trinajstić information content (AvgIpc) is 2.80. The molecule has 0 spiro atoms. The van der Waals surface area contributed by atoms with Gasteiger partial charge in [-0.1, -0.05) is 0 Å². The van der Waals surface area contributed by atoms with E-state index in [9.17, 15) is 14.9 Å². The summed E-state index contributed by atoms with van der Waals surface area (Å²) in [5.74, 6) is -1.24. The van der Waals surface area contributed by atoms with E-state index in [1.54, 1.807) is 7.11 Å². The molecule has 0 bridgehead atoms. The number of hydrogen-bond acceptors (Lipinski definition) is 5. The quantitative estimate of drug-likeness (QED) is 0.456. The fourth-order valence-corrected chi connectivity index (χ4v) is 2.46. The lowest BCUT2D eigenvalue weighted by Crippen LogP contribution is -2.42. The van der Waals surface area contributed by atoms with Crippen LogP contribution in [0.25, 0.3) is 6.08 Å². The summed E-state index contributed by atoms with van der Waals surface area (Å²) in [6.07, 6.45) is 1.48. The van der Waals surface area contributed by atoms with E-state index in [1.165, 1.54) is 6.08 Å². The highest BCUT2D eigenvalue weighted by Gasteiger charge is 2.18. The zero-order valence-corrected chi connectivity index (χ0v) is 16.3. The molecular weight excluding hydrogens is 334 g/mol. The van der Waals surface area contributed by atoms with Crippen molar-refractivity contribution >= 4 is 18.0 Å². The predicted molar refractivity (Wildman–Crippen MR) is 98.2 cm³/mol. The molecule has 26 heavy (non-hydrogen) atoms. The summed E-state index contributed by atoms with van der Waals surface area (Å²) in [4.78, 5) is 23.8. The summed E-state index contributed by atoms with van der Waals surface area (Å²) < 4.78 is 12.1. The van der Waals surface area contributed by atoms with E-state index in [1.807, 2.05) is 51.3 Å². The molecule has 7 heteroatoms. The first-order valence-electron chi connectivity index (χ1n) is 8.34. The number of aromatic nitrogens is 1. The van der Waals surface area contributed by atoms with Gasteiger partial charge in [-0.15, -0.1) is 0 Å². The Bertz CT molecular complexity index is 733. The van der Waals surface area contributed by atoms with Gasteiger partial charge in [0.25, 0.3) is 5.91 Å². The third-order valence-electron chi connectivity index (χ3n) is 3.62. The molecule has 0 aliphatic heterocycles. The molecule has 7 nitrogen and oxygen atoms in total. The summed E-state index contributed by atoms with van der Waals surface area (Å²) >= 11 is 0. The fraction of sp³-hybridized carbons (Fsp3) is 0.526. The number of aryl methyl sites for hydroxylation is 1. The second kappa shape index (κ2) is 9.20. The van der Waals surface area contributed by atoms with E-state index in [2.05, 4.69) is 5.32 Å². The lowest BCUT2D eigenvalue weighted by molar-refractivity contribution is -0.144. The largest absolute Gasteiger partial charge is 0.451 e. The van der Waals surface area contributed by atoms with Gasteiger partial charge in [-0.05, 0) is 52.3 Å². The number of methoxy groups -OCH3 is 1. The van der Waals surface area contributed by atoms with E-state index in [-0.39, 0.29) is 5.57 Å². The zero-order chi connectivity index (χ0) is 19.9. The number of carbonyl (C=O) groups is 2. The van der Waals surface area contributed by atoms with Crippen LogP contribution in [-0.2, 0) is 25.6 Å². The van der Waals surface area contributed by atoms with Gasteiger partial charge >= 0.3 is 5.97 Å². The third-order valence-corrected chi connectivity index (χ3v) is 3.62. The smallest absolute Gasteiger partial charge is 0.349 e. The molecule has 0 saturated carbocycles. The van der Waals surface area contributed by atoms with Crippen molar-refractivity contribution in [3.05, 3.63) is 28.6 Å². The molecular formula is C19H27N3O4. The highest BCUT2D eigenvalue weighted by atomic mass is 16.5. The van der Waals surface area contributed by atoms with Crippen LogP contribution in [0.5, 0.6) is 0 Å². The summed E-state index contributed by atoms with van der Waals surface area (Å²) in [5.41, 5.74) is 2.11. The molecule has 1 N–H and O–H groups in total. The second-order valence-corrected chi connectivity index (χ2v) is 7.02. The lowest BCUT2D eigenvalue weighted by atomic mass is 10.1. The molecule has 0 aliphatic carbocycles. The molecule has 1 rings (SSSR count). The second-order valence-electron chi connectivity index (χ2n) is 7.02. The zero-order valence-electron chi connectivity index (χ0n) is 16.3. The van der Waals surface area contributed by atoms with Crippen LogP contribution in [0.1, 0.15) is 37.7 Å². The number of nitrogens with one attached hydrogen (secondary N) is 1. The number of rotatable bonds is 7. The van der Waals surface area contributed by atoms with Crippen LogP contribution < -0.4 is 5.32 Å². The van der Waals surface area contributed by atoms with Crippen LogP contribution in [-0.4, -0.2) is 42.3 Å². The van der Waals surface area contributed by atoms with Gasteiger partial charge < -0.3 is 19.4 Å². The van der Waals surface area contributed by atoms with Crippen molar-refractivity contribution < 1.29 is 19.1 Å². The average molecular weight is 361 g/mol. The third kappa shape index (κ3) is 6.37. The summed E-state index contributed by atoms with van der Waals surface area (Å²) in [7, 11) is 1.63. The molecule has 1 aromatic heterocycles. The Morgan fingerprint density at radius 1 is 1.35 bits per heavy atom. The van der Waals surface area contributed by atoms with Gasteiger partial charge in [0.2, 0.25) is 0 Å². The maximum Gasteiger partial charge on any atom is 0.349 e. The summed E-state index contributed by atoms with van der Waals surface area (Å²) in [6.45, 7) is 10.2. The highest BCUT2D eigenvalue weighted by molar-refractivity contribution is 5.99. The van der Waals surface area contributed by atoms with Crippen molar-refractivity contribution in [2.75, 3.05) is 20.3 Å². The van der Waals surface area contributed by atoms with E-state index >= 15 is 0 Å². The van der Waals surface area contributed by atoms with Crippen LogP contribution in [0.3, 0.4) is 0 Å². The van der Waals surface area contributed by atoms with Gasteiger partial charge in [0.05, 0.1) is 6.61 Å². The van der Waals surface area contributed by atoms with Crippen LogP contribution in [0, 0.1) is 25.2 Å². The predicted octanol–water partition coefficient (Wildman–Crippen LogP) is 2.12. The van der Waals surface area contributed by atoms with Gasteiger partial charge in [0.1, 0.15) is 11.6 Å². The number of carbonyl (C=O) groups excluding carboxylic acids is 2. The molecule has 0 atom stereocenters. The van der Waals surface area contributed by atoms with Gasteiger partial charge in [0, 0.05) is 30.6 Å². The maximum absolute atomic E-state index is 12.1. The van der Waals surface area contributed by atoms with Crippen LogP contribution in [0.15, 0.2) is 11.6 Å². The Morgan fingerprint density at radius 3 is 2.54 bits per heavy atom. The number of nitrogens with zero attached hydrogens (tertiary/aromatic N) is 2. The Kier molecular flexibility index (Phi) is 7.59. The van der Waals surface area contributed by atoms with Crippen LogP contribution >= 0.6 is 0 Å². The molecule has 0 aromatic carbocycles. The summed E-state index contributed by atoms with van der Waals surface area (Å²) in [6, 6.07) is 3.73. The molecule has 1 heterocycles. The Labute approximate surface area is 154 Å². The number of nitriles is 1. The van der Waals surface area contributed by atoms with Crippen molar-refractivity contribution in [2.45, 2.75) is 46.7 Å². The topological polar surface area (TPSA) is 93.3 Å². The molecule has 142 valence electrons. The van der Waals surface area contributed by atoms with Crippen molar-refractivity contribution in [3.63, 3.8) is 0 Å². The first-order chi connectivity index (χ1) is 12.1. The van der Waals surface area contributed by atoms with Gasteiger partial charge in [-0.3, -0.25) is 4.79 Å². The molecule has 0 unspecified atom stereocenters. The fourth-order valence-electron chi connectivity index (χ4n) is 2.46. The molecule has 0 radical (unpaired) electrons. The molecule has 0 saturated heterocycles. The van der Waals surface area contributed by atoms with E-state index < -0.39 is 24.0 Å². The monoisotopic (exact) mass is 361 g/mol. The van der Waals surface area contributed by atoms with Crippen molar-refractivity contribution in [1.82, 2.24) is 9.88 Å². The normalized spacial score (nSPS) is 11.8. The lowest BCUT2D eigenvalue weighted by Gasteiger charge is -2.20. The SMILES string of the molecule is COCCn1c(C)cc(/C=C(\C#N)C(=O)OCC(=O)NC(C)(C)C)c1C. The molecule has 1 amide bonds. The van der Waals surface area contributed by atoms with Crippen molar-refractivity contribution in [1.29, 1.82) is 5.26 Å². The minimum absolute atomic E-state index is 0.152. The Morgan fingerprint density at radius 2 is 2.00 bits per heavy atom. The van der Waals surface area contributed by atoms with Gasteiger partial charge in [-0.2, -0.15) is 5.26 Å². The maximum atomic E-state index is 12.1. The molecule has 1 aromatic rings. The molecule has 0 fully saturated rings. The highest BCUT2D eigenvalue weighted by Crippen LogP contribution is 2.18. The van der Waals surface area contributed by atoms with E-state index in [4.69, 9.17) is 9.47 Å². The minimum atomic E-state index is -0.821. The van der Waals surface area contributed by atoms with Crippen molar-refractivity contribution in [2.24, 2.45) is 0 Å². The number of hydrogen-bond donors (Lipinski definition) is 1. The number of ether oxygens (including phenoxy) is 2. The van der Waals surface area contributed by atoms with E-state index in [0.717, 1.165) is 17.0 Å². The number of amides is 1.